The maximum absolute atomic E-state index is 12.6. The van der Waals surface area contributed by atoms with Crippen LogP contribution in [0.3, 0.4) is 0 Å². The maximum Gasteiger partial charge on any atom is 0.329 e. The summed E-state index contributed by atoms with van der Waals surface area (Å²) in [7, 11) is -3.80. The van der Waals surface area contributed by atoms with E-state index in [9.17, 15) is 13.2 Å². The number of nitrogens with one attached hydrogen (secondary N) is 1. The van der Waals surface area contributed by atoms with E-state index in [0.29, 0.717) is 36.3 Å². The van der Waals surface area contributed by atoms with Crippen LogP contribution in [0, 0.1) is 0 Å². The monoisotopic (exact) mass is 384 g/mol. The van der Waals surface area contributed by atoms with Crippen LogP contribution in [0.2, 0.25) is 5.02 Å². The summed E-state index contributed by atoms with van der Waals surface area (Å²) >= 11 is 5.96. The molecule has 1 fully saturated rings. The molecule has 1 saturated heterocycles. The number of carbonyl (C=O) groups is 1. The van der Waals surface area contributed by atoms with Crippen LogP contribution in [0.1, 0.15) is 12.8 Å². The van der Waals surface area contributed by atoms with Crippen molar-refractivity contribution in [2.75, 3.05) is 13.1 Å². The predicted octanol–water partition coefficient (Wildman–Crippen LogP) is 2.59. The molecule has 1 aromatic heterocycles. The molecule has 25 heavy (non-hydrogen) atoms. The van der Waals surface area contributed by atoms with Crippen molar-refractivity contribution in [2.45, 2.75) is 18.1 Å². The van der Waals surface area contributed by atoms with Gasteiger partial charge in [0.25, 0.3) is 0 Å². The number of carboxylic acids is 1. The maximum atomic E-state index is 12.6. The first-order valence-corrected chi connectivity index (χ1v) is 9.55. The molecule has 0 radical (unpaired) electrons. The van der Waals surface area contributed by atoms with Gasteiger partial charge in [-0.3, -0.25) is 0 Å². The number of carboxylic acid groups (broad SMARTS) is 1. The zero-order valence-corrected chi connectivity index (χ0v) is 14.8. The zero-order valence-electron chi connectivity index (χ0n) is 13.2. The molecule has 134 valence electrons. The lowest BCUT2D eigenvalue weighted by Crippen LogP contribution is -2.38. The van der Waals surface area contributed by atoms with Crippen molar-refractivity contribution in [1.82, 2.24) is 9.88 Å². The van der Waals surface area contributed by atoms with E-state index in [1.807, 2.05) is 0 Å². The summed E-state index contributed by atoms with van der Waals surface area (Å²) in [5.74, 6) is -0.804. The minimum atomic E-state index is -3.80. The number of hydrogen-bond donors (Lipinski definition) is 2. The molecule has 2 N–H and O–H groups in total. The predicted molar refractivity (Wildman–Crippen MR) is 94.2 cm³/mol. The van der Waals surface area contributed by atoms with E-state index in [4.69, 9.17) is 20.9 Å². The molecule has 1 aliphatic rings. The fraction of sp³-hybridized carbons (Fsp3) is 0.312. The fourth-order valence-electron chi connectivity index (χ4n) is 2.81. The summed E-state index contributed by atoms with van der Waals surface area (Å²) in [6, 6.07) is 5.11. The molecule has 3 rings (SSSR count). The molecule has 0 atom stereocenters. The van der Waals surface area contributed by atoms with Crippen molar-refractivity contribution < 1.29 is 22.5 Å². The van der Waals surface area contributed by atoms with Crippen LogP contribution in [-0.4, -0.2) is 47.7 Å². The van der Waals surface area contributed by atoms with Crippen molar-refractivity contribution in [3.8, 4) is 5.75 Å². The van der Waals surface area contributed by atoms with E-state index in [1.165, 1.54) is 12.4 Å². The van der Waals surface area contributed by atoms with Gasteiger partial charge in [-0.2, -0.15) is 8.42 Å². The first-order chi connectivity index (χ1) is 11.8. The average molecular weight is 385 g/mol. The summed E-state index contributed by atoms with van der Waals surface area (Å²) in [5.41, 5.74) is 0.739. The van der Waals surface area contributed by atoms with E-state index in [1.54, 1.807) is 23.1 Å². The molecule has 2 heterocycles. The topological polar surface area (TPSA) is 99.7 Å². The number of hydrogen-bond acceptors (Lipinski definition) is 5. The third-order valence-electron chi connectivity index (χ3n) is 4.12. The number of likely N-dealkylation sites (tertiary alicyclic amines) is 1. The lowest BCUT2D eigenvalue weighted by molar-refractivity contribution is -0.131. The number of rotatable bonds is 5. The minimum absolute atomic E-state index is 0.228. The molecule has 0 saturated carbocycles. The summed E-state index contributed by atoms with van der Waals surface area (Å²) in [5, 5.41) is 9.10. The van der Waals surface area contributed by atoms with Crippen molar-refractivity contribution in [3.05, 3.63) is 41.7 Å². The minimum Gasteiger partial charge on any atom is -0.478 e. The van der Waals surface area contributed by atoms with Gasteiger partial charge in [-0.25, -0.2) is 4.79 Å². The second-order valence-electron chi connectivity index (χ2n) is 5.81. The molecule has 0 aliphatic carbocycles. The Hall–Kier alpha value is -2.19. The van der Waals surface area contributed by atoms with E-state index in [0.717, 1.165) is 11.6 Å². The second kappa shape index (κ2) is 6.97. The molecule has 9 heteroatoms. The van der Waals surface area contributed by atoms with E-state index >= 15 is 0 Å². The van der Waals surface area contributed by atoms with Crippen molar-refractivity contribution in [3.63, 3.8) is 0 Å². The summed E-state index contributed by atoms with van der Waals surface area (Å²) in [6.07, 6.45) is 4.75. The summed E-state index contributed by atoms with van der Waals surface area (Å²) in [4.78, 5) is 15.3. The number of aromatic nitrogens is 1. The standard InChI is InChI=1S/C16H17ClN2O5S/c17-11-1-2-14-13(9-11)15(10-18-14)24-25(22,23)12-3-6-19(7-4-12)8-5-16(20)21/h1-2,5,8-10,12,18H,3-4,6-7H2,(H,20,21). The Kier molecular flexibility index (Phi) is 4.91. The number of aromatic amines is 1. The average Bonchev–Trinajstić information content (AvgIpc) is 2.95. The number of aliphatic carboxylic acids is 1. The van der Waals surface area contributed by atoms with Crippen LogP contribution < -0.4 is 4.18 Å². The van der Waals surface area contributed by atoms with Gasteiger partial charge in [-0.05, 0) is 31.0 Å². The lowest BCUT2D eigenvalue weighted by Gasteiger charge is -2.30. The van der Waals surface area contributed by atoms with Gasteiger partial charge >= 0.3 is 16.1 Å². The van der Waals surface area contributed by atoms with Gasteiger partial charge in [0.05, 0.1) is 0 Å². The van der Waals surface area contributed by atoms with E-state index < -0.39 is 21.3 Å². The second-order valence-corrected chi connectivity index (χ2v) is 8.06. The van der Waals surface area contributed by atoms with Crippen molar-refractivity contribution >= 4 is 38.6 Å². The van der Waals surface area contributed by atoms with Crippen LogP contribution in [0.15, 0.2) is 36.7 Å². The highest BCUT2D eigenvalue weighted by atomic mass is 35.5. The molecule has 2 aromatic rings. The molecule has 1 aliphatic heterocycles. The van der Waals surface area contributed by atoms with Crippen LogP contribution in [0.4, 0.5) is 0 Å². The van der Waals surface area contributed by atoms with Crippen molar-refractivity contribution in [2.24, 2.45) is 0 Å². The molecular weight excluding hydrogens is 368 g/mol. The van der Waals surface area contributed by atoms with E-state index in [-0.39, 0.29) is 5.75 Å². The van der Waals surface area contributed by atoms with Gasteiger partial charge in [-0.1, -0.05) is 11.6 Å². The summed E-state index contributed by atoms with van der Waals surface area (Å²) in [6.45, 7) is 0.910. The molecule has 0 bridgehead atoms. The highest BCUT2D eigenvalue weighted by Gasteiger charge is 2.31. The van der Waals surface area contributed by atoms with Gasteiger partial charge in [0, 0.05) is 47.5 Å². The number of nitrogens with zero attached hydrogens (tertiary/aromatic N) is 1. The van der Waals surface area contributed by atoms with Crippen LogP contribution in [0.25, 0.3) is 10.9 Å². The fourth-order valence-corrected chi connectivity index (χ4v) is 4.30. The molecule has 1 aromatic carbocycles. The third kappa shape index (κ3) is 4.08. The number of benzene rings is 1. The first kappa shape index (κ1) is 17.6. The molecular formula is C16H17ClN2O5S. The number of halogens is 1. The first-order valence-electron chi connectivity index (χ1n) is 7.70. The van der Waals surface area contributed by atoms with Crippen LogP contribution >= 0.6 is 11.6 Å². The van der Waals surface area contributed by atoms with Crippen LogP contribution in [0.5, 0.6) is 5.75 Å². The SMILES string of the molecule is O=C(O)C=CN1CCC(S(=O)(=O)Oc2c[nH]c3ccc(Cl)cc23)CC1. The van der Waals surface area contributed by atoms with E-state index in [2.05, 4.69) is 4.98 Å². The van der Waals surface area contributed by atoms with Crippen LogP contribution in [-0.2, 0) is 14.9 Å². The highest BCUT2D eigenvalue weighted by Crippen LogP contribution is 2.31. The molecule has 7 nitrogen and oxygen atoms in total. The highest BCUT2D eigenvalue weighted by molar-refractivity contribution is 7.87. The zero-order chi connectivity index (χ0) is 18.0. The Morgan fingerprint density at radius 1 is 1.36 bits per heavy atom. The Balaban J connectivity index is 1.70. The normalized spacial score (nSPS) is 16.6. The Morgan fingerprint density at radius 2 is 2.08 bits per heavy atom. The van der Waals surface area contributed by atoms with Crippen molar-refractivity contribution in [1.29, 1.82) is 0 Å². The molecule has 0 spiro atoms. The van der Waals surface area contributed by atoms with Gasteiger partial charge in [0.1, 0.15) is 5.25 Å². The third-order valence-corrected chi connectivity index (χ3v) is 6.06. The van der Waals surface area contributed by atoms with Gasteiger partial charge in [-0.15, -0.1) is 0 Å². The summed E-state index contributed by atoms with van der Waals surface area (Å²) < 4.78 is 30.4. The smallest absolute Gasteiger partial charge is 0.329 e. The largest absolute Gasteiger partial charge is 0.478 e. The lowest BCUT2D eigenvalue weighted by atomic mass is 10.1. The Labute approximate surface area is 150 Å². The number of fused-ring (bicyclic) bond motifs is 1. The number of piperidine rings is 1. The quantitative estimate of drug-likeness (QED) is 0.607. The Morgan fingerprint density at radius 3 is 2.76 bits per heavy atom. The number of H-pyrrole nitrogens is 1. The molecule has 0 unspecified atom stereocenters. The van der Waals surface area contributed by atoms with Gasteiger partial charge in [0.15, 0.2) is 5.75 Å². The Bertz CT molecular complexity index is 914. The molecule has 0 amide bonds. The van der Waals surface area contributed by atoms with Gasteiger partial charge < -0.3 is 19.2 Å². The van der Waals surface area contributed by atoms with Gasteiger partial charge in [0.2, 0.25) is 0 Å².